The Kier molecular flexibility index (Phi) is 5.92. The SMILES string of the molecule is CC(C)NS(=O)(=O)c1cc(C(=O)NCc2ccco2)c(Cl)cc1Cl. The number of rotatable bonds is 6. The molecule has 0 aliphatic carbocycles. The normalized spacial score (nSPS) is 11.7. The van der Waals surface area contributed by atoms with Gasteiger partial charge in [-0.2, -0.15) is 0 Å². The molecule has 1 amide bonds. The second-order valence-electron chi connectivity index (χ2n) is 5.30. The largest absolute Gasteiger partial charge is 0.467 e. The van der Waals surface area contributed by atoms with E-state index in [-0.39, 0.29) is 33.1 Å². The fourth-order valence-corrected chi connectivity index (χ4v) is 4.07. The summed E-state index contributed by atoms with van der Waals surface area (Å²) in [5, 5.41) is 2.60. The molecule has 2 rings (SSSR count). The van der Waals surface area contributed by atoms with E-state index in [1.807, 2.05) is 0 Å². The van der Waals surface area contributed by atoms with Gasteiger partial charge in [0, 0.05) is 6.04 Å². The highest BCUT2D eigenvalue weighted by Gasteiger charge is 2.23. The lowest BCUT2D eigenvalue weighted by Gasteiger charge is -2.13. The van der Waals surface area contributed by atoms with Gasteiger partial charge in [0.1, 0.15) is 10.7 Å². The van der Waals surface area contributed by atoms with E-state index in [2.05, 4.69) is 10.0 Å². The molecule has 9 heteroatoms. The van der Waals surface area contributed by atoms with Crippen molar-refractivity contribution in [2.45, 2.75) is 31.3 Å². The van der Waals surface area contributed by atoms with Gasteiger partial charge < -0.3 is 9.73 Å². The molecule has 2 N–H and O–H groups in total. The standard InChI is InChI=1S/C15H16Cl2N2O4S/c1-9(2)19-24(21,22)14-6-11(12(16)7-13(14)17)15(20)18-8-10-4-3-5-23-10/h3-7,9,19H,8H2,1-2H3,(H,18,20). The van der Waals surface area contributed by atoms with Gasteiger partial charge in [0.05, 0.1) is 28.4 Å². The van der Waals surface area contributed by atoms with Crippen LogP contribution in [0.1, 0.15) is 30.0 Å². The number of carbonyl (C=O) groups is 1. The van der Waals surface area contributed by atoms with Crippen LogP contribution in [0.4, 0.5) is 0 Å². The van der Waals surface area contributed by atoms with Crippen LogP contribution >= 0.6 is 23.2 Å². The predicted octanol–water partition coefficient (Wildman–Crippen LogP) is 3.20. The van der Waals surface area contributed by atoms with Crippen molar-refractivity contribution in [2.75, 3.05) is 0 Å². The Bertz CT molecular complexity index is 833. The summed E-state index contributed by atoms with van der Waals surface area (Å²) in [6.07, 6.45) is 1.49. The fraction of sp³-hybridized carbons (Fsp3) is 0.267. The molecule has 0 saturated heterocycles. The molecule has 0 atom stereocenters. The van der Waals surface area contributed by atoms with E-state index < -0.39 is 15.9 Å². The number of benzene rings is 1. The van der Waals surface area contributed by atoms with Crippen molar-refractivity contribution in [3.63, 3.8) is 0 Å². The van der Waals surface area contributed by atoms with Gasteiger partial charge in [-0.15, -0.1) is 0 Å². The number of amides is 1. The maximum absolute atomic E-state index is 12.3. The lowest BCUT2D eigenvalue weighted by molar-refractivity contribution is 0.0948. The Morgan fingerprint density at radius 1 is 1.25 bits per heavy atom. The highest BCUT2D eigenvalue weighted by atomic mass is 35.5. The van der Waals surface area contributed by atoms with E-state index in [0.29, 0.717) is 5.76 Å². The van der Waals surface area contributed by atoms with E-state index in [9.17, 15) is 13.2 Å². The zero-order chi connectivity index (χ0) is 17.9. The molecule has 130 valence electrons. The number of hydrogen-bond acceptors (Lipinski definition) is 4. The third kappa shape index (κ3) is 4.51. The molecule has 1 heterocycles. The molecule has 0 aliphatic heterocycles. The van der Waals surface area contributed by atoms with Gasteiger partial charge in [0.15, 0.2) is 0 Å². The van der Waals surface area contributed by atoms with Crippen LogP contribution < -0.4 is 10.0 Å². The lowest BCUT2D eigenvalue weighted by atomic mass is 10.2. The summed E-state index contributed by atoms with van der Waals surface area (Å²) in [6, 6.07) is 5.47. The maximum atomic E-state index is 12.3. The first-order chi connectivity index (χ1) is 11.2. The van der Waals surface area contributed by atoms with Gasteiger partial charge in [-0.1, -0.05) is 23.2 Å². The number of furan rings is 1. The van der Waals surface area contributed by atoms with Crippen molar-refractivity contribution < 1.29 is 17.6 Å². The Balaban J connectivity index is 2.30. The van der Waals surface area contributed by atoms with Crippen molar-refractivity contribution in [3.05, 3.63) is 51.9 Å². The van der Waals surface area contributed by atoms with Crippen molar-refractivity contribution in [3.8, 4) is 0 Å². The molecular formula is C15H16Cl2N2O4S. The summed E-state index contributed by atoms with van der Waals surface area (Å²) in [5.41, 5.74) is 0.0109. The summed E-state index contributed by atoms with van der Waals surface area (Å²) in [7, 11) is -3.86. The van der Waals surface area contributed by atoms with Crippen LogP contribution in [0.3, 0.4) is 0 Å². The second kappa shape index (κ2) is 7.57. The highest BCUT2D eigenvalue weighted by molar-refractivity contribution is 7.89. The van der Waals surface area contributed by atoms with Gasteiger partial charge >= 0.3 is 0 Å². The van der Waals surface area contributed by atoms with Crippen molar-refractivity contribution in [1.29, 1.82) is 0 Å². The summed E-state index contributed by atoms with van der Waals surface area (Å²) in [4.78, 5) is 12.1. The third-order valence-electron chi connectivity index (χ3n) is 2.95. The second-order valence-corrected chi connectivity index (χ2v) is 7.80. The van der Waals surface area contributed by atoms with Gasteiger partial charge in [0.2, 0.25) is 10.0 Å². The Labute approximate surface area is 150 Å². The Morgan fingerprint density at radius 3 is 2.54 bits per heavy atom. The van der Waals surface area contributed by atoms with Crippen molar-refractivity contribution in [1.82, 2.24) is 10.0 Å². The summed E-state index contributed by atoms with van der Waals surface area (Å²) in [5.74, 6) is 0.0248. The molecule has 1 aromatic carbocycles. The average molecular weight is 391 g/mol. The molecule has 0 unspecified atom stereocenters. The van der Waals surface area contributed by atoms with Crippen LogP contribution in [0, 0.1) is 0 Å². The van der Waals surface area contributed by atoms with Crippen LogP contribution in [0.5, 0.6) is 0 Å². The molecule has 0 radical (unpaired) electrons. The highest BCUT2D eigenvalue weighted by Crippen LogP contribution is 2.29. The summed E-state index contributed by atoms with van der Waals surface area (Å²) in [6.45, 7) is 3.51. The quantitative estimate of drug-likeness (QED) is 0.792. The monoisotopic (exact) mass is 390 g/mol. The Hall–Kier alpha value is -1.54. The number of hydrogen-bond donors (Lipinski definition) is 2. The first-order valence-corrected chi connectivity index (χ1v) is 9.26. The third-order valence-corrected chi connectivity index (χ3v) is 5.39. The maximum Gasteiger partial charge on any atom is 0.253 e. The van der Waals surface area contributed by atoms with Crippen molar-refractivity contribution >= 4 is 39.1 Å². The van der Waals surface area contributed by atoms with E-state index >= 15 is 0 Å². The number of nitrogens with one attached hydrogen (secondary N) is 2. The molecule has 0 spiro atoms. The molecule has 24 heavy (non-hydrogen) atoms. The smallest absolute Gasteiger partial charge is 0.253 e. The molecule has 2 aromatic rings. The number of halogens is 2. The molecule has 0 aliphatic rings. The number of carbonyl (C=O) groups excluding carboxylic acids is 1. The molecule has 0 saturated carbocycles. The van der Waals surface area contributed by atoms with Crippen LogP contribution in [0.25, 0.3) is 0 Å². The molecule has 6 nitrogen and oxygen atoms in total. The van der Waals surface area contributed by atoms with Crippen LogP contribution in [-0.4, -0.2) is 20.4 Å². The van der Waals surface area contributed by atoms with Crippen molar-refractivity contribution in [2.24, 2.45) is 0 Å². The predicted molar refractivity (Wildman–Crippen MR) is 91.8 cm³/mol. The van der Waals surface area contributed by atoms with Gasteiger partial charge in [-0.05, 0) is 38.1 Å². The van der Waals surface area contributed by atoms with Crippen LogP contribution in [0.2, 0.25) is 10.0 Å². The van der Waals surface area contributed by atoms with E-state index in [1.54, 1.807) is 26.0 Å². The fourth-order valence-electron chi connectivity index (χ4n) is 1.96. The topological polar surface area (TPSA) is 88.4 Å². The zero-order valence-electron chi connectivity index (χ0n) is 13.0. The summed E-state index contributed by atoms with van der Waals surface area (Å²) < 4.78 is 32.1. The minimum absolute atomic E-state index is 0.0109. The zero-order valence-corrected chi connectivity index (χ0v) is 15.3. The minimum atomic E-state index is -3.86. The average Bonchev–Trinajstić information content (AvgIpc) is 2.96. The summed E-state index contributed by atoms with van der Waals surface area (Å²) >= 11 is 12.0. The van der Waals surface area contributed by atoms with E-state index in [1.165, 1.54) is 12.3 Å². The van der Waals surface area contributed by atoms with Crippen LogP contribution in [0.15, 0.2) is 39.8 Å². The van der Waals surface area contributed by atoms with Gasteiger partial charge in [-0.25, -0.2) is 13.1 Å². The molecule has 1 aromatic heterocycles. The molecule has 0 bridgehead atoms. The first-order valence-electron chi connectivity index (χ1n) is 7.02. The van der Waals surface area contributed by atoms with Gasteiger partial charge in [0.25, 0.3) is 5.91 Å². The minimum Gasteiger partial charge on any atom is -0.467 e. The Morgan fingerprint density at radius 2 is 1.96 bits per heavy atom. The first kappa shape index (κ1) is 18.8. The lowest BCUT2D eigenvalue weighted by Crippen LogP contribution is -2.31. The van der Waals surface area contributed by atoms with E-state index in [0.717, 1.165) is 6.07 Å². The molecular weight excluding hydrogens is 375 g/mol. The van der Waals surface area contributed by atoms with Gasteiger partial charge in [-0.3, -0.25) is 4.79 Å². The molecule has 0 fully saturated rings. The van der Waals surface area contributed by atoms with Crippen LogP contribution in [-0.2, 0) is 16.6 Å². The van der Waals surface area contributed by atoms with E-state index in [4.69, 9.17) is 27.6 Å². The number of sulfonamides is 1.